The molecule has 16 heavy (non-hydrogen) atoms. The van der Waals surface area contributed by atoms with Gasteiger partial charge in [0.15, 0.2) is 0 Å². The maximum atomic E-state index is 9.57. The second-order valence-electron chi connectivity index (χ2n) is 6.91. The molecule has 0 radical (unpaired) electrons. The number of hydrogen-bond acceptors (Lipinski definition) is 3. The summed E-state index contributed by atoms with van der Waals surface area (Å²) in [7, 11) is 0. The van der Waals surface area contributed by atoms with Crippen LogP contribution in [0.5, 0.6) is 0 Å². The highest BCUT2D eigenvalue weighted by Gasteiger charge is 2.24. The summed E-state index contributed by atoms with van der Waals surface area (Å²) in [6.07, 6.45) is 0. The maximum absolute atomic E-state index is 9.57. The molecule has 0 unspecified atom stereocenters. The molecule has 0 aliphatic rings. The number of rotatable bonds is 6. The first kappa shape index (κ1) is 15.9. The monoisotopic (exact) mass is 232 g/mol. The molecule has 0 saturated carbocycles. The molecule has 0 heterocycles. The Balaban J connectivity index is 3.88. The molecule has 3 nitrogen and oxygen atoms in total. The zero-order valence-electron chi connectivity index (χ0n) is 11.9. The first-order chi connectivity index (χ1) is 6.91. The van der Waals surface area contributed by atoms with Crippen LogP contribution in [-0.4, -0.2) is 36.1 Å². The van der Waals surface area contributed by atoms with E-state index in [4.69, 9.17) is 9.47 Å². The number of aliphatic hydroxyl groups is 1. The van der Waals surface area contributed by atoms with Crippen molar-refractivity contribution < 1.29 is 14.6 Å². The molecular formula is C13H28O3. The van der Waals surface area contributed by atoms with Crippen molar-refractivity contribution >= 4 is 0 Å². The first-order valence-electron chi connectivity index (χ1n) is 5.85. The topological polar surface area (TPSA) is 38.7 Å². The lowest BCUT2D eigenvalue weighted by Crippen LogP contribution is -2.38. The van der Waals surface area contributed by atoms with E-state index in [0.29, 0.717) is 19.8 Å². The van der Waals surface area contributed by atoms with Crippen LogP contribution < -0.4 is 0 Å². The lowest BCUT2D eigenvalue weighted by atomic mass is 9.98. The van der Waals surface area contributed by atoms with E-state index in [-0.39, 0.29) is 11.0 Å². The van der Waals surface area contributed by atoms with Crippen molar-refractivity contribution in [3.05, 3.63) is 0 Å². The van der Waals surface area contributed by atoms with Gasteiger partial charge in [0.1, 0.15) is 0 Å². The highest BCUT2D eigenvalue weighted by atomic mass is 16.5. The third-order valence-corrected chi connectivity index (χ3v) is 1.80. The Hall–Kier alpha value is -0.120. The van der Waals surface area contributed by atoms with E-state index in [1.54, 1.807) is 13.8 Å². The smallest absolute Gasteiger partial charge is 0.0860 e. The summed E-state index contributed by atoms with van der Waals surface area (Å²) in [5.74, 6) is 0. The Kier molecular flexibility index (Phi) is 5.44. The van der Waals surface area contributed by atoms with E-state index >= 15 is 0 Å². The molecule has 0 rings (SSSR count). The van der Waals surface area contributed by atoms with Gasteiger partial charge in [-0.3, -0.25) is 0 Å². The zero-order valence-corrected chi connectivity index (χ0v) is 11.9. The van der Waals surface area contributed by atoms with Gasteiger partial charge in [0, 0.05) is 0 Å². The summed E-state index contributed by atoms with van der Waals surface area (Å²) >= 11 is 0. The van der Waals surface area contributed by atoms with Gasteiger partial charge >= 0.3 is 0 Å². The fourth-order valence-corrected chi connectivity index (χ4v) is 1.02. The lowest BCUT2D eigenvalue weighted by molar-refractivity contribution is -0.125. The Morgan fingerprint density at radius 1 is 0.812 bits per heavy atom. The van der Waals surface area contributed by atoms with E-state index in [1.165, 1.54) is 0 Å². The van der Waals surface area contributed by atoms with Crippen LogP contribution in [0.3, 0.4) is 0 Å². The highest BCUT2D eigenvalue weighted by molar-refractivity contribution is 4.72. The Morgan fingerprint density at radius 2 is 1.31 bits per heavy atom. The van der Waals surface area contributed by atoms with Crippen molar-refractivity contribution in [2.75, 3.05) is 19.8 Å². The third-order valence-electron chi connectivity index (χ3n) is 1.80. The van der Waals surface area contributed by atoms with Crippen molar-refractivity contribution in [2.24, 2.45) is 5.41 Å². The minimum Gasteiger partial charge on any atom is -0.388 e. The van der Waals surface area contributed by atoms with Crippen LogP contribution in [0.15, 0.2) is 0 Å². The van der Waals surface area contributed by atoms with E-state index < -0.39 is 5.60 Å². The number of ether oxygens (including phenoxy) is 2. The predicted molar refractivity (Wildman–Crippen MR) is 66.6 cm³/mol. The van der Waals surface area contributed by atoms with Gasteiger partial charge in [-0.1, -0.05) is 20.8 Å². The Bertz CT molecular complexity index is 196. The molecule has 0 saturated heterocycles. The molecule has 98 valence electrons. The second-order valence-corrected chi connectivity index (χ2v) is 6.91. The number of hydrogen-bond donors (Lipinski definition) is 1. The average molecular weight is 232 g/mol. The summed E-state index contributed by atoms with van der Waals surface area (Å²) in [5.41, 5.74) is -0.973. The Labute approximate surface area is 100 Å². The van der Waals surface area contributed by atoms with E-state index in [0.717, 1.165) is 0 Å². The molecular weight excluding hydrogens is 204 g/mol. The van der Waals surface area contributed by atoms with Crippen LogP contribution in [0.2, 0.25) is 0 Å². The van der Waals surface area contributed by atoms with Crippen LogP contribution in [0, 0.1) is 5.41 Å². The quantitative estimate of drug-likeness (QED) is 0.765. The van der Waals surface area contributed by atoms with Crippen LogP contribution in [-0.2, 0) is 9.47 Å². The van der Waals surface area contributed by atoms with E-state index in [9.17, 15) is 5.11 Å². The molecule has 0 spiro atoms. The van der Waals surface area contributed by atoms with Crippen LogP contribution in [0.4, 0.5) is 0 Å². The van der Waals surface area contributed by atoms with Crippen molar-refractivity contribution in [2.45, 2.75) is 59.7 Å². The van der Waals surface area contributed by atoms with E-state index in [1.807, 2.05) is 13.8 Å². The minimum absolute atomic E-state index is 0.173. The van der Waals surface area contributed by atoms with Crippen LogP contribution in [0.1, 0.15) is 48.5 Å². The molecule has 0 aromatic carbocycles. The van der Waals surface area contributed by atoms with Gasteiger partial charge in [-0.25, -0.2) is 0 Å². The average Bonchev–Trinajstić information content (AvgIpc) is 1.97. The maximum Gasteiger partial charge on any atom is 0.0860 e. The van der Waals surface area contributed by atoms with Gasteiger partial charge in [-0.15, -0.1) is 0 Å². The van der Waals surface area contributed by atoms with E-state index in [2.05, 4.69) is 20.8 Å². The standard InChI is InChI=1S/C13H28O3/c1-11(2,3)8-15-10-13(6,7)16-9-12(4,5)14/h14H,8-10H2,1-7H3. The molecule has 0 aromatic heterocycles. The van der Waals surface area contributed by atoms with Gasteiger partial charge in [-0.2, -0.15) is 0 Å². The lowest BCUT2D eigenvalue weighted by Gasteiger charge is -2.30. The SMILES string of the molecule is CC(C)(C)COCC(C)(C)OCC(C)(C)O. The fourth-order valence-electron chi connectivity index (χ4n) is 1.02. The molecule has 3 heteroatoms. The minimum atomic E-state index is -0.790. The molecule has 0 aromatic rings. The van der Waals surface area contributed by atoms with Gasteiger partial charge in [-0.05, 0) is 33.1 Å². The Morgan fingerprint density at radius 3 is 1.69 bits per heavy atom. The first-order valence-corrected chi connectivity index (χ1v) is 5.85. The molecule has 1 N–H and O–H groups in total. The largest absolute Gasteiger partial charge is 0.388 e. The van der Waals surface area contributed by atoms with Gasteiger partial charge in [0.05, 0.1) is 31.0 Å². The third kappa shape index (κ3) is 10.4. The van der Waals surface area contributed by atoms with Crippen LogP contribution in [0.25, 0.3) is 0 Å². The molecule has 0 bridgehead atoms. The summed E-state index contributed by atoms with van der Waals surface area (Å²) < 4.78 is 11.3. The summed E-state index contributed by atoms with van der Waals surface area (Å²) in [6.45, 7) is 15.4. The van der Waals surface area contributed by atoms with Gasteiger partial charge in [0.2, 0.25) is 0 Å². The molecule has 0 aliphatic carbocycles. The molecule has 0 amide bonds. The van der Waals surface area contributed by atoms with Crippen molar-refractivity contribution in [3.63, 3.8) is 0 Å². The summed E-state index contributed by atoms with van der Waals surface area (Å²) in [4.78, 5) is 0. The summed E-state index contributed by atoms with van der Waals surface area (Å²) in [5, 5.41) is 9.57. The van der Waals surface area contributed by atoms with Gasteiger partial charge in [0.25, 0.3) is 0 Å². The molecule has 0 atom stereocenters. The highest BCUT2D eigenvalue weighted by Crippen LogP contribution is 2.17. The zero-order chi connectivity index (χ0) is 13.0. The predicted octanol–water partition coefficient (Wildman–Crippen LogP) is 2.62. The van der Waals surface area contributed by atoms with Crippen molar-refractivity contribution in [1.29, 1.82) is 0 Å². The summed E-state index contributed by atoms with van der Waals surface area (Å²) in [6, 6.07) is 0. The van der Waals surface area contributed by atoms with Crippen molar-refractivity contribution in [1.82, 2.24) is 0 Å². The normalized spacial score (nSPS) is 14.2. The molecule has 0 aliphatic heterocycles. The van der Waals surface area contributed by atoms with Crippen LogP contribution >= 0.6 is 0 Å². The fraction of sp³-hybridized carbons (Fsp3) is 1.00. The molecule has 0 fully saturated rings. The second kappa shape index (κ2) is 5.48. The van der Waals surface area contributed by atoms with Gasteiger partial charge < -0.3 is 14.6 Å². The van der Waals surface area contributed by atoms with Crippen molar-refractivity contribution in [3.8, 4) is 0 Å².